The summed E-state index contributed by atoms with van der Waals surface area (Å²) in [6.45, 7) is 2.12. The van der Waals surface area contributed by atoms with Gasteiger partial charge in [0, 0.05) is 6.42 Å². The Morgan fingerprint density at radius 2 is 2.06 bits per heavy atom. The summed E-state index contributed by atoms with van der Waals surface area (Å²) in [6.07, 6.45) is 5.04. The molecule has 1 atom stereocenters. The molecule has 0 saturated carbocycles. The molecule has 0 aliphatic heterocycles. The van der Waals surface area contributed by atoms with Crippen LogP contribution in [0.3, 0.4) is 0 Å². The topological polar surface area (TPSA) is 26.3 Å². The van der Waals surface area contributed by atoms with Crippen LogP contribution in [-0.2, 0) is 4.74 Å². The van der Waals surface area contributed by atoms with Crippen LogP contribution in [0.5, 0.6) is 0 Å². The molecule has 84 valence electrons. The summed E-state index contributed by atoms with van der Waals surface area (Å²) in [7, 11) is 0. The van der Waals surface area contributed by atoms with Crippen LogP contribution in [0.1, 0.15) is 36.5 Å². The second-order valence-corrected chi connectivity index (χ2v) is 4.22. The van der Waals surface area contributed by atoms with Gasteiger partial charge < -0.3 is 4.74 Å². The summed E-state index contributed by atoms with van der Waals surface area (Å²) in [4.78, 5) is 11.8. The first-order valence-electron chi connectivity index (χ1n) is 5.67. The number of hydrogen-bond donors (Lipinski definition) is 0. The number of ether oxygens (including phenoxy) is 1. The molecule has 0 heterocycles. The van der Waals surface area contributed by atoms with Gasteiger partial charge in [0.2, 0.25) is 0 Å². The maximum Gasteiger partial charge on any atom is 0.338 e. The molecule has 0 amide bonds. The lowest BCUT2D eigenvalue weighted by molar-refractivity contribution is 0.0279. The van der Waals surface area contributed by atoms with E-state index >= 15 is 0 Å². The summed E-state index contributed by atoms with van der Waals surface area (Å²) in [5.41, 5.74) is 2.03. The molecule has 1 aromatic carbocycles. The van der Waals surface area contributed by atoms with Crippen molar-refractivity contribution in [2.24, 2.45) is 0 Å². The Kier molecular flexibility index (Phi) is 3.40. The summed E-state index contributed by atoms with van der Waals surface area (Å²) in [5, 5.41) is 0. The van der Waals surface area contributed by atoms with Gasteiger partial charge in [-0.25, -0.2) is 4.79 Å². The summed E-state index contributed by atoms with van der Waals surface area (Å²) in [6, 6.07) is 9.16. The highest BCUT2D eigenvalue weighted by molar-refractivity contribution is 5.89. The maximum atomic E-state index is 11.8. The third-order valence-electron chi connectivity index (χ3n) is 2.87. The molecule has 0 spiro atoms. The van der Waals surface area contributed by atoms with Crippen molar-refractivity contribution in [2.45, 2.75) is 32.3 Å². The molecule has 0 unspecified atom stereocenters. The number of rotatable bonds is 2. The van der Waals surface area contributed by atoms with Gasteiger partial charge in [-0.1, -0.05) is 29.8 Å². The second kappa shape index (κ2) is 4.97. The highest BCUT2D eigenvalue weighted by atomic mass is 16.5. The second-order valence-electron chi connectivity index (χ2n) is 4.22. The largest absolute Gasteiger partial charge is 0.458 e. The molecule has 0 radical (unpaired) electrons. The van der Waals surface area contributed by atoms with Gasteiger partial charge in [0.15, 0.2) is 0 Å². The van der Waals surface area contributed by atoms with Crippen LogP contribution in [0.4, 0.5) is 0 Å². The lowest BCUT2D eigenvalue weighted by atomic mass is 9.98. The number of carbonyl (C=O) groups excluding carboxylic acids is 1. The first-order chi connectivity index (χ1) is 7.75. The summed E-state index contributed by atoms with van der Waals surface area (Å²) < 4.78 is 5.44. The minimum absolute atomic E-state index is 0.0522. The van der Waals surface area contributed by atoms with Crippen LogP contribution in [0, 0.1) is 0 Å². The Hall–Kier alpha value is -1.57. The van der Waals surface area contributed by atoms with Gasteiger partial charge in [-0.3, -0.25) is 0 Å². The van der Waals surface area contributed by atoms with E-state index in [1.807, 2.05) is 18.2 Å². The van der Waals surface area contributed by atoms with Crippen molar-refractivity contribution in [1.29, 1.82) is 0 Å². The molecule has 0 N–H and O–H groups in total. The van der Waals surface area contributed by atoms with Crippen LogP contribution in [0.2, 0.25) is 0 Å². The predicted molar refractivity (Wildman–Crippen MR) is 63.3 cm³/mol. The van der Waals surface area contributed by atoms with E-state index in [2.05, 4.69) is 13.0 Å². The highest BCUT2D eigenvalue weighted by Crippen LogP contribution is 2.20. The van der Waals surface area contributed by atoms with Crippen LogP contribution in [0.25, 0.3) is 0 Å². The third kappa shape index (κ3) is 2.72. The number of allylic oxidation sites excluding steroid dienone is 1. The van der Waals surface area contributed by atoms with Crippen molar-refractivity contribution >= 4 is 5.97 Å². The molecule has 2 heteroatoms. The molecule has 0 saturated heterocycles. The van der Waals surface area contributed by atoms with Crippen molar-refractivity contribution in [3.05, 3.63) is 47.5 Å². The normalized spacial score (nSPS) is 20.1. The standard InChI is InChI=1S/C14H16O2/c1-11-7-9-13(10-8-11)16-14(15)12-5-3-2-4-6-12/h2-7,13H,8-10H2,1H3/t13-/m1/s1. The Labute approximate surface area is 95.9 Å². The minimum atomic E-state index is -0.210. The first-order valence-corrected chi connectivity index (χ1v) is 5.67. The molecule has 1 aromatic rings. The predicted octanol–water partition coefficient (Wildman–Crippen LogP) is 3.34. The number of hydrogen-bond acceptors (Lipinski definition) is 2. The van der Waals surface area contributed by atoms with Crippen LogP contribution < -0.4 is 0 Å². The first kappa shape index (κ1) is 10.9. The number of benzene rings is 1. The van der Waals surface area contributed by atoms with E-state index in [-0.39, 0.29) is 12.1 Å². The van der Waals surface area contributed by atoms with Gasteiger partial charge in [0.05, 0.1) is 5.56 Å². The van der Waals surface area contributed by atoms with Crippen LogP contribution in [-0.4, -0.2) is 12.1 Å². The Morgan fingerprint density at radius 3 is 2.69 bits per heavy atom. The molecular formula is C14H16O2. The van der Waals surface area contributed by atoms with Crippen molar-refractivity contribution in [3.63, 3.8) is 0 Å². The fourth-order valence-electron chi connectivity index (χ4n) is 1.84. The summed E-state index contributed by atoms with van der Waals surface area (Å²) in [5.74, 6) is -0.210. The van der Waals surface area contributed by atoms with Crippen LogP contribution in [0.15, 0.2) is 42.0 Å². The highest BCUT2D eigenvalue weighted by Gasteiger charge is 2.17. The zero-order valence-corrected chi connectivity index (χ0v) is 9.48. The van der Waals surface area contributed by atoms with Gasteiger partial charge in [0.1, 0.15) is 6.10 Å². The van der Waals surface area contributed by atoms with E-state index in [1.54, 1.807) is 12.1 Å². The van der Waals surface area contributed by atoms with Crippen molar-refractivity contribution in [2.75, 3.05) is 0 Å². The molecule has 2 rings (SSSR count). The Morgan fingerprint density at radius 1 is 1.31 bits per heavy atom. The molecule has 1 aliphatic rings. The van der Waals surface area contributed by atoms with E-state index in [4.69, 9.17) is 4.74 Å². The van der Waals surface area contributed by atoms with Crippen molar-refractivity contribution in [3.8, 4) is 0 Å². The van der Waals surface area contributed by atoms with Gasteiger partial charge >= 0.3 is 5.97 Å². The van der Waals surface area contributed by atoms with E-state index in [9.17, 15) is 4.79 Å². The molecule has 0 bridgehead atoms. The molecule has 1 aliphatic carbocycles. The van der Waals surface area contributed by atoms with Crippen LogP contribution >= 0.6 is 0 Å². The smallest absolute Gasteiger partial charge is 0.338 e. The average Bonchev–Trinajstić information content (AvgIpc) is 2.33. The van der Waals surface area contributed by atoms with Gasteiger partial charge in [-0.05, 0) is 31.9 Å². The quantitative estimate of drug-likeness (QED) is 0.560. The molecule has 0 fully saturated rings. The lowest BCUT2D eigenvalue weighted by Gasteiger charge is -2.20. The van der Waals surface area contributed by atoms with Gasteiger partial charge in [0.25, 0.3) is 0 Å². The van der Waals surface area contributed by atoms with Crippen molar-refractivity contribution < 1.29 is 9.53 Å². The molecule has 0 aromatic heterocycles. The van der Waals surface area contributed by atoms with Crippen molar-refractivity contribution in [1.82, 2.24) is 0 Å². The van der Waals surface area contributed by atoms with Gasteiger partial charge in [-0.2, -0.15) is 0 Å². The molecule has 16 heavy (non-hydrogen) atoms. The zero-order chi connectivity index (χ0) is 11.4. The minimum Gasteiger partial charge on any atom is -0.458 e. The Balaban J connectivity index is 1.94. The number of esters is 1. The Bertz CT molecular complexity index is 392. The maximum absolute atomic E-state index is 11.8. The number of carbonyl (C=O) groups is 1. The SMILES string of the molecule is CC1=CC[C@@H](OC(=O)c2ccccc2)CC1. The van der Waals surface area contributed by atoms with E-state index in [0.717, 1.165) is 19.3 Å². The fourth-order valence-corrected chi connectivity index (χ4v) is 1.84. The van der Waals surface area contributed by atoms with E-state index < -0.39 is 0 Å². The fraction of sp³-hybridized carbons (Fsp3) is 0.357. The van der Waals surface area contributed by atoms with E-state index in [1.165, 1.54) is 5.57 Å². The summed E-state index contributed by atoms with van der Waals surface area (Å²) >= 11 is 0. The van der Waals surface area contributed by atoms with E-state index in [0.29, 0.717) is 5.56 Å². The third-order valence-corrected chi connectivity index (χ3v) is 2.87. The average molecular weight is 216 g/mol. The molecule has 2 nitrogen and oxygen atoms in total. The van der Waals surface area contributed by atoms with Gasteiger partial charge in [-0.15, -0.1) is 0 Å². The molecular weight excluding hydrogens is 200 g/mol. The monoisotopic (exact) mass is 216 g/mol. The lowest BCUT2D eigenvalue weighted by Crippen LogP contribution is -2.20. The zero-order valence-electron chi connectivity index (χ0n) is 9.48.